The van der Waals surface area contributed by atoms with Crippen LogP contribution < -0.4 is 5.73 Å². The number of rotatable bonds is 2. The third kappa shape index (κ3) is 3.74. The van der Waals surface area contributed by atoms with E-state index in [2.05, 4.69) is 31.2 Å². The molecule has 0 aromatic heterocycles. The van der Waals surface area contributed by atoms with E-state index in [-0.39, 0.29) is 18.4 Å². The van der Waals surface area contributed by atoms with Crippen molar-refractivity contribution in [3.63, 3.8) is 0 Å². The number of benzene rings is 1. The molecule has 0 heterocycles. The van der Waals surface area contributed by atoms with Gasteiger partial charge < -0.3 is 5.73 Å². The lowest BCUT2D eigenvalue weighted by Gasteiger charge is -2.04. The van der Waals surface area contributed by atoms with Crippen molar-refractivity contribution in [3.05, 3.63) is 35.4 Å². The Kier molecular flexibility index (Phi) is 4.95. The molecule has 1 rings (SSSR count). The van der Waals surface area contributed by atoms with Gasteiger partial charge in [-0.25, -0.2) is 0 Å². The predicted octanol–water partition coefficient (Wildman–Crippen LogP) is 2.31. The fraction of sp³-hybridized carbons (Fsp3) is 0.400. The highest BCUT2D eigenvalue weighted by Crippen LogP contribution is 2.05. The van der Waals surface area contributed by atoms with E-state index in [0.717, 1.165) is 6.42 Å². The average Bonchev–Trinajstić information content (AvgIpc) is 1.85. The first kappa shape index (κ1) is 11.5. The maximum Gasteiger partial charge on any atom is 0.00509 e. The van der Waals surface area contributed by atoms with Crippen molar-refractivity contribution in [2.75, 3.05) is 0 Å². The summed E-state index contributed by atoms with van der Waals surface area (Å²) in [5, 5.41) is 0. The Hall–Kier alpha value is -0.530. The molecule has 0 spiro atoms. The quantitative estimate of drug-likeness (QED) is 0.752. The average molecular weight is 186 g/mol. The first-order chi connectivity index (χ1) is 5.18. The highest BCUT2D eigenvalue weighted by molar-refractivity contribution is 5.85. The molecule has 1 nitrogen and oxygen atoms in total. The highest BCUT2D eigenvalue weighted by Gasteiger charge is 1.96. The van der Waals surface area contributed by atoms with Crippen LogP contribution in [0.1, 0.15) is 18.1 Å². The lowest BCUT2D eigenvalue weighted by atomic mass is 10.1. The molecular formula is C10H16ClN. The number of hydrogen-bond acceptors (Lipinski definition) is 1. The van der Waals surface area contributed by atoms with Gasteiger partial charge in [0.05, 0.1) is 0 Å². The van der Waals surface area contributed by atoms with Crippen molar-refractivity contribution in [2.24, 2.45) is 5.73 Å². The van der Waals surface area contributed by atoms with Crippen molar-refractivity contribution in [3.8, 4) is 0 Å². The van der Waals surface area contributed by atoms with Crippen LogP contribution in [0.5, 0.6) is 0 Å². The third-order valence-electron chi connectivity index (χ3n) is 1.64. The number of aryl methyl sites for hydroxylation is 1. The minimum atomic E-state index is 0. The molecule has 2 N–H and O–H groups in total. The van der Waals surface area contributed by atoms with Crippen LogP contribution in [0.2, 0.25) is 0 Å². The molecule has 0 saturated carbocycles. The van der Waals surface area contributed by atoms with Gasteiger partial charge in [0.2, 0.25) is 0 Å². The molecule has 0 aliphatic rings. The van der Waals surface area contributed by atoms with Gasteiger partial charge in [0.15, 0.2) is 0 Å². The monoisotopic (exact) mass is 185 g/mol. The summed E-state index contributed by atoms with van der Waals surface area (Å²) in [6, 6.07) is 8.74. The first-order valence-corrected chi connectivity index (χ1v) is 3.99. The number of hydrogen-bond donors (Lipinski definition) is 1. The molecule has 0 fully saturated rings. The van der Waals surface area contributed by atoms with Gasteiger partial charge >= 0.3 is 0 Å². The number of nitrogens with two attached hydrogens (primary N) is 1. The van der Waals surface area contributed by atoms with Crippen LogP contribution in [0.25, 0.3) is 0 Å². The summed E-state index contributed by atoms with van der Waals surface area (Å²) in [7, 11) is 0. The summed E-state index contributed by atoms with van der Waals surface area (Å²) in [5.74, 6) is 0. The smallest absolute Gasteiger partial charge is 0.00509 e. The van der Waals surface area contributed by atoms with Crippen LogP contribution in [0.3, 0.4) is 0 Å². The Bertz CT molecular complexity index is 233. The minimum absolute atomic E-state index is 0. The van der Waals surface area contributed by atoms with Gasteiger partial charge in [-0.3, -0.25) is 0 Å². The van der Waals surface area contributed by atoms with Gasteiger partial charge in [-0.2, -0.15) is 0 Å². The molecule has 68 valence electrons. The van der Waals surface area contributed by atoms with Crippen LogP contribution in [0.15, 0.2) is 24.3 Å². The van der Waals surface area contributed by atoms with Crippen molar-refractivity contribution in [1.82, 2.24) is 0 Å². The Morgan fingerprint density at radius 1 is 1.42 bits per heavy atom. The topological polar surface area (TPSA) is 26.0 Å². The van der Waals surface area contributed by atoms with Crippen LogP contribution in [-0.2, 0) is 6.42 Å². The molecule has 0 aliphatic heterocycles. The van der Waals surface area contributed by atoms with Gasteiger partial charge in [-0.1, -0.05) is 29.8 Å². The Morgan fingerprint density at radius 3 is 2.58 bits per heavy atom. The summed E-state index contributed by atoms with van der Waals surface area (Å²) in [6.45, 7) is 4.13. The molecule has 0 bridgehead atoms. The van der Waals surface area contributed by atoms with Crippen molar-refractivity contribution >= 4 is 12.4 Å². The Morgan fingerprint density at radius 2 is 2.08 bits per heavy atom. The van der Waals surface area contributed by atoms with E-state index in [1.807, 2.05) is 6.92 Å². The van der Waals surface area contributed by atoms with Crippen molar-refractivity contribution in [2.45, 2.75) is 26.3 Å². The molecule has 0 amide bonds. The summed E-state index contributed by atoms with van der Waals surface area (Å²) in [4.78, 5) is 0. The van der Waals surface area contributed by atoms with Crippen LogP contribution in [0, 0.1) is 6.92 Å². The molecule has 2 heteroatoms. The fourth-order valence-corrected chi connectivity index (χ4v) is 1.21. The zero-order valence-corrected chi connectivity index (χ0v) is 8.40. The van der Waals surface area contributed by atoms with Gasteiger partial charge in [-0.15, -0.1) is 12.4 Å². The van der Waals surface area contributed by atoms with E-state index in [9.17, 15) is 0 Å². The zero-order chi connectivity index (χ0) is 8.27. The van der Waals surface area contributed by atoms with Gasteiger partial charge in [0.25, 0.3) is 0 Å². The minimum Gasteiger partial charge on any atom is -0.328 e. The highest BCUT2D eigenvalue weighted by atomic mass is 35.5. The van der Waals surface area contributed by atoms with E-state index in [4.69, 9.17) is 5.73 Å². The second kappa shape index (κ2) is 5.18. The molecule has 0 radical (unpaired) electrons. The Labute approximate surface area is 80.4 Å². The van der Waals surface area contributed by atoms with E-state index in [0.29, 0.717) is 0 Å². The molecule has 1 atom stereocenters. The first-order valence-electron chi connectivity index (χ1n) is 3.99. The lowest BCUT2D eigenvalue weighted by molar-refractivity contribution is 0.738. The van der Waals surface area contributed by atoms with E-state index in [1.165, 1.54) is 11.1 Å². The molecule has 1 aromatic rings. The van der Waals surface area contributed by atoms with E-state index >= 15 is 0 Å². The second-order valence-electron chi connectivity index (χ2n) is 3.17. The molecular weight excluding hydrogens is 170 g/mol. The standard InChI is InChI=1S/C10H15N.ClH/c1-8-4-3-5-10(6-8)7-9(2)11;/h3-6,9H,7,11H2,1-2H3;1H/t9-;/m1./s1. The van der Waals surface area contributed by atoms with Crippen molar-refractivity contribution < 1.29 is 0 Å². The second-order valence-corrected chi connectivity index (χ2v) is 3.17. The summed E-state index contributed by atoms with van der Waals surface area (Å²) in [6.07, 6.45) is 0.974. The summed E-state index contributed by atoms with van der Waals surface area (Å²) >= 11 is 0. The SMILES string of the molecule is Cc1cccc(C[C@@H](C)N)c1.Cl. The largest absolute Gasteiger partial charge is 0.328 e. The third-order valence-corrected chi connectivity index (χ3v) is 1.64. The molecule has 1 aromatic carbocycles. The normalized spacial score (nSPS) is 11.9. The van der Waals surface area contributed by atoms with Gasteiger partial charge in [0, 0.05) is 6.04 Å². The van der Waals surface area contributed by atoms with E-state index < -0.39 is 0 Å². The van der Waals surface area contributed by atoms with Gasteiger partial charge in [0.1, 0.15) is 0 Å². The maximum atomic E-state index is 5.67. The summed E-state index contributed by atoms with van der Waals surface area (Å²) < 4.78 is 0. The predicted molar refractivity (Wildman–Crippen MR) is 55.8 cm³/mol. The molecule has 0 unspecified atom stereocenters. The molecule has 12 heavy (non-hydrogen) atoms. The van der Waals surface area contributed by atoms with Crippen LogP contribution >= 0.6 is 12.4 Å². The Balaban J connectivity index is 0.00000121. The van der Waals surface area contributed by atoms with Gasteiger partial charge in [-0.05, 0) is 25.8 Å². The maximum absolute atomic E-state index is 5.67. The molecule has 0 aliphatic carbocycles. The fourth-order valence-electron chi connectivity index (χ4n) is 1.21. The van der Waals surface area contributed by atoms with Crippen LogP contribution in [-0.4, -0.2) is 6.04 Å². The van der Waals surface area contributed by atoms with Crippen LogP contribution in [0.4, 0.5) is 0 Å². The molecule has 0 saturated heterocycles. The summed E-state index contributed by atoms with van der Waals surface area (Å²) in [5.41, 5.74) is 8.32. The number of halogens is 1. The zero-order valence-electron chi connectivity index (χ0n) is 7.58. The van der Waals surface area contributed by atoms with E-state index in [1.54, 1.807) is 0 Å². The lowest BCUT2D eigenvalue weighted by Crippen LogP contribution is -2.17. The van der Waals surface area contributed by atoms with Crippen molar-refractivity contribution in [1.29, 1.82) is 0 Å².